The second-order valence-corrected chi connectivity index (χ2v) is 4.64. The van der Waals surface area contributed by atoms with Gasteiger partial charge in [-0.05, 0) is 43.3 Å². The Balaban J connectivity index is 1.84. The number of ether oxygens (including phenoxy) is 2. The summed E-state index contributed by atoms with van der Waals surface area (Å²) in [7, 11) is 0. The summed E-state index contributed by atoms with van der Waals surface area (Å²) < 4.78 is 11.1. The van der Waals surface area contributed by atoms with Crippen molar-refractivity contribution in [2.24, 2.45) is 0 Å². The van der Waals surface area contributed by atoms with E-state index in [4.69, 9.17) is 21.1 Å². The van der Waals surface area contributed by atoms with Crippen molar-refractivity contribution in [2.75, 3.05) is 13.2 Å². The zero-order valence-electron chi connectivity index (χ0n) is 11.1. The molecule has 4 heteroatoms. The fraction of sp³-hybridized carbons (Fsp3) is 0.188. The molecule has 0 N–H and O–H groups in total. The van der Waals surface area contributed by atoms with E-state index in [0.717, 1.165) is 5.75 Å². The maximum absolute atomic E-state index is 11.4. The molecule has 0 atom stereocenters. The molecule has 0 heterocycles. The Morgan fingerprint density at radius 3 is 2.35 bits per heavy atom. The minimum absolute atomic E-state index is 0.0146. The Kier molecular flexibility index (Phi) is 5.02. The highest BCUT2D eigenvalue weighted by molar-refractivity contribution is 6.30. The molecule has 0 aliphatic heterocycles. The third kappa shape index (κ3) is 4.00. The van der Waals surface area contributed by atoms with Gasteiger partial charge in [-0.25, -0.2) is 0 Å². The minimum Gasteiger partial charge on any atom is -0.490 e. The molecule has 0 bridgehead atoms. The molecule has 104 valence electrons. The molecular formula is C16H15ClO3. The van der Waals surface area contributed by atoms with Crippen molar-refractivity contribution < 1.29 is 14.3 Å². The van der Waals surface area contributed by atoms with Gasteiger partial charge in [-0.15, -0.1) is 0 Å². The van der Waals surface area contributed by atoms with E-state index < -0.39 is 0 Å². The lowest BCUT2D eigenvalue weighted by Crippen LogP contribution is -2.10. The van der Waals surface area contributed by atoms with Gasteiger partial charge < -0.3 is 9.47 Å². The number of hydrogen-bond donors (Lipinski definition) is 0. The van der Waals surface area contributed by atoms with Crippen LogP contribution in [0.1, 0.15) is 17.3 Å². The van der Waals surface area contributed by atoms with Crippen LogP contribution in [0, 0.1) is 0 Å². The van der Waals surface area contributed by atoms with E-state index in [1.807, 2.05) is 12.1 Å². The summed E-state index contributed by atoms with van der Waals surface area (Å²) in [5.74, 6) is 1.30. The summed E-state index contributed by atoms with van der Waals surface area (Å²) in [6.45, 7) is 2.28. The number of benzene rings is 2. The lowest BCUT2D eigenvalue weighted by Gasteiger charge is -2.10. The fourth-order valence-corrected chi connectivity index (χ4v) is 1.85. The predicted octanol–water partition coefficient (Wildman–Crippen LogP) is 4.00. The van der Waals surface area contributed by atoms with Crippen LogP contribution in [0.4, 0.5) is 0 Å². The maximum atomic E-state index is 11.4. The second-order valence-electron chi connectivity index (χ2n) is 4.20. The quantitative estimate of drug-likeness (QED) is 0.596. The number of ketones is 1. The molecule has 0 unspecified atom stereocenters. The number of rotatable bonds is 6. The van der Waals surface area contributed by atoms with E-state index in [9.17, 15) is 4.79 Å². The van der Waals surface area contributed by atoms with Gasteiger partial charge in [0.15, 0.2) is 5.78 Å². The summed E-state index contributed by atoms with van der Waals surface area (Å²) >= 11 is 5.79. The van der Waals surface area contributed by atoms with E-state index in [-0.39, 0.29) is 5.78 Å². The number of para-hydroxylation sites is 1. The number of halogens is 1. The first-order valence-corrected chi connectivity index (χ1v) is 6.66. The van der Waals surface area contributed by atoms with Crippen LogP contribution in [0.15, 0.2) is 48.5 Å². The van der Waals surface area contributed by atoms with Crippen LogP contribution in [-0.2, 0) is 0 Å². The van der Waals surface area contributed by atoms with Crippen LogP contribution >= 0.6 is 11.6 Å². The summed E-state index contributed by atoms with van der Waals surface area (Å²) in [4.78, 5) is 11.4. The average Bonchev–Trinajstić information content (AvgIpc) is 2.46. The average molecular weight is 291 g/mol. The van der Waals surface area contributed by atoms with Crippen molar-refractivity contribution in [1.29, 1.82) is 0 Å². The van der Waals surface area contributed by atoms with Crippen LogP contribution in [0.3, 0.4) is 0 Å². The number of hydrogen-bond acceptors (Lipinski definition) is 3. The predicted molar refractivity (Wildman–Crippen MR) is 78.9 cm³/mol. The van der Waals surface area contributed by atoms with Gasteiger partial charge in [-0.2, -0.15) is 0 Å². The first kappa shape index (κ1) is 14.4. The van der Waals surface area contributed by atoms with E-state index in [0.29, 0.717) is 29.5 Å². The fourth-order valence-electron chi connectivity index (χ4n) is 1.73. The molecule has 0 saturated heterocycles. The minimum atomic E-state index is -0.0146. The van der Waals surface area contributed by atoms with Crippen LogP contribution in [0.2, 0.25) is 5.02 Å². The van der Waals surface area contributed by atoms with Gasteiger partial charge in [-0.1, -0.05) is 23.7 Å². The van der Waals surface area contributed by atoms with Crippen molar-refractivity contribution in [3.8, 4) is 11.5 Å². The molecule has 0 aliphatic carbocycles. The van der Waals surface area contributed by atoms with Crippen molar-refractivity contribution >= 4 is 17.4 Å². The van der Waals surface area contributed by atoms with Gasteiger partial charge in [0, 0.05) is 5.02 Å². The SMILES string of the molecule is CC(=O)c1ccccc1OCCOc1ccc(Cl)cc1. The molecule has 0 radical (unpaired) electrons. The van der Waals surface area contributed by atoms with Crippen LogP contribution in [0.25, 0.3) is 0 Å². The van der Waals surface area contributed by atoms with E-state index in [2.05, 4.69) is 0 Å². The largest absolute Gasteiger partial charge is 0.490 e. The lowest BCUT2D eigenvalue weighted by atomic mass is 10.1. The highest BCUT2D eigenvalue weighted by atomic mass is 35.5. The molecule has 0 aliphatic rings. The maximum Gasteiger partial charge on any atom is 0.163 e. The molecule has 0 amide bonds. The molecule has 0 spiro atoms. The standard InChI is InChI=1S/C16H15ClO3/c1-12(18)15-4-2-3-5-16(15)20-11-10-19-14-8-6-13(17)7-9-14/h2-9H,10-11H2,1H3. The zero-order chi connectivity index (χ0) is 14.4. The topological polar surface area (TPSA) is 35.5 Å². The van der Waals surface area contributed by atoms with E-state index in [1.165, 1.54) is 6.92 Å². The van der Waals surface area contributed by atoms with Gasteiger partial charge >= 0.3 is 0 Å². The normalized spacial score (nSPS) is 10.1. The van der Waals surface area contributed by atoms with Gasteiger partial charge in [0.1, 0.15) is 24.7 Å². The van der Waals surface area contributed by atoms with Crippen molar-refractivity contribution in [3.63, 3.8) is 0 Å². The molecule has 2 aromatic rings. The molecule has 2 rings (SSSR count). The van der Waals surface area contributed by atoms with Crippen molar-refractivity contribution in [1.82, 2.24) is 0 Å². The van der Waals surface area contributed by atoms with E-state index in [1.54, 1.807) is 36.4 Å². The summed E-state index contributed by atoms with van der Waals surface area (Å²) in [6.07, 6.45) is 0. The van der Waals surface area contributed by atoms with Gasteiger partial charge in [-0.3, -0.25) is 4.79 Å². The second kappa shape index (κ2) is 6.96. The molecule has 0 saturated carbocycles. The van der Waals surface area contributed by atoms with Crippen LogP contribution in [-0.4, -0.2) is 19.0 Å². The van der Waals surface area contributed by atoms with E-state index >= 15 is 0 Å². The van der Waals surface area contributed by atoms with Gasteiger partial charge in [0.25, 0.3) is 0 Å². The Morgan fingerprint density at radius 2 is 1.65 bits per heavy atom. The monoisotopic (exact) mass is 290 g/mol. The van der Waals surface area contributed by atoms with Crippen LogP contribution < -0.4 is 9.47 Å². The molecule has 2 aromatic carbocycles. The Labute approximate surface area is 123 Å². The number of carbonyl (C=O) groups excluding carboxylic acids is 1. The number of Topliss-reactive ketones (excluding diaryl/α,β-unsaturated/α-hetero) is 1. The zero-order valence-corrected chi connectivity index (χ0v) is 11.9. The summed E-state index contributed by atoms with van der Waals surface area (Å²) in [5.41, 5.74) is 0.582. The molecule has 3 nitrogen and oxygen atoms in total. The summed E-state index contributed by atoms with van der Waals surface area (Å²) in [5, 5.41) is 0.670. The smallest absolute Gasteiger partial charge is 0.163 e. The van der Waals surface area contributed by atoms with Gasteiger partial charge in [0.05, 0.1) is 5.56 Å². The first-order chi connectivity index (χ1) is 9.66. The third-order valence-corrected chi connectivity index (χ3v) is 2.94. The lowest BCUT2D eigenvalue weighted by molar-refractivity contribution is 0.101. The van der Waals surface area contributed by atoms with Crippen molar-refractivity contribution in [3.05, 3.63) is 59.1 Å². The van der Waals surface area contributed by atoms with Gasteiger partial charge in [0.2, 0.25) is 0 Å². The summed E-state index contributed by atoms with van der Waals surface area (Å²) in [6, 6.07) is 14.3. The van der Waals surface area contributed by atoms with Crippen LogP contribution in [0.5, 0.6) is 11.5 Å². The van der Waals surface area contributed by atoms with Crippen molar-refractivity contribution in [2.45, 2.75) is 6.92 Å². The molecule has 0 fully saturated rings. The third-order valence-electron chi connectivity index (χ3n) is 2.69. The Morgan fingerprint density at radius 1 is 1.00 bits per heavy atom. The molecule has 0 aromatic heterocycles. The first-order valence-electron chi connectivity index (χ1n) is 6.28. The Hall–Kier alpha value is -2.00. The molecular weight excluding hydrogens is 276 g/mol. The highest BCUT2D eigenvalue weighted by Gasteiger charge is 2.06. The Bertz CT molecular complexity index is 579. The molecule has 20 heavy (non-hydrogen) atoms. The number of carbonyl (C=O) groups is 1. The highest BCUT2D eigenvalue weighted by Crippen LogP contribution is 2.19.